The van der Waals surface area contributed by atoms with Crippen molar-refractivity contribution >= 4 is 23.2 Å². The van der Waals surface area contributed by atoms with E-state index in [1.165, 1.54) is 0 Å². The molecule has 0 amide bonds. The lowest BCUT2D eigenvalue weighted by atomic mass is 10.2. The van der Waals surface area contributed by atoms with E-state index >= 15 is 0 Å². The molecular formula is C11H11Cl2N3O. The van der Waals surface area contributed by atoms with Gasteiger partial charge in [0.05, 0.1) is 17.1 Å². The lowest BCUT2D eigenvalue weighted by Gasteiger charge is -1.99. The van der Waals surface area contributed by atoms with Crippen LogP contribution in [0.3, 0.4) is 0 Å². The lowest BCUT2D eigenvalue weighted by Crippen LogP contribution is -2.11. The van der Waals surface area contributed by atoms with Crippen LogP contribution in [0.15, 0.2) is 22.6 Å². The minimum Gasteiger partial charge on any atom is -0.419 e. The third-order valence-electron chi connectivity index (χ3n) is 2.15. The Hall–Kier alpha value is -1.10. The smallest absolute Gasteiger partial charge is 0.249 e. The van der Waals surface area contributed by atoms with Crippen LogP contribution in [0.2, 0.25) is 10.0 Å². The molecule has 1 aromatic heterocycles. The zero-order chi connectivity index (χ0) is 12.3. The third-order valence-corrected chi connectivity index (χ3v) is 2.70. The van der Waals surface area contributed by atoms with Gasteiger partial charge in [-0.2, -0.15) is 0 Å². The summed E-state index contributed by atoms with van der Waals surface area (Å²) in [4.78, 5) is 0. The Morgan fingerprint density at radius 1 is 1.29 bits per heavy atom. The highest BCUT2D eigenvalue weighted by Crippen LogP contribution is 2.29. The zero-order valence-corrected chi connectivity index (χ0v) is 10.7. The molecule has 0 aliphatic carbocycles. The van der Waals surface area contributed by atoms with Gasteiger partial charge < -0.3 is 9.73 Å². The second kappa shape index (κ2) is 5.49. The van der Waals surface area contributed by atoms with E-state index in [1.807, 2.05) is 6.92 Å². The van der Waals surface area contributed by atoms with E-state index in [2.05, 4.69) is 15.5 Å². The molecule has 1 N–H and O–H groups in total. The summed E-state index contributed by atoms with van der Waals surface area (Å²) in [5.41, 5.74) is 0.686. The Labute approximate surface area is 109 Å². The monoisotopic (exact) mass is 271 g/mol. The fourth-order valence-corrected chi connectivity index (χ4v) is 1.82. The highest BCUT2D eigenvalue weighted by atomic mass is 35.5. The summed E-state index contributed by atoms with van der Waals surface area (Å²) in [7, 11) is 0. The van der Waals surface area contributed by atoms with Crippen LogP contribution in [-0.4, -0.2) is 16.7 Å². The maximum atomic E-state index is 6.05. The van der Waals surface area contributed by atoms with Crippen LogP contribution in [0.1, 0.15) is 12.8 Å². The molecule has 2 rings (SSSR count). The quantitative estimate of drug-likeness (QED) is 0.928. The molecule has 0 aliphatic rings. The van der Waals surface area contributed by atoms with E-state index in [0.29, 0.717) is 33.9 Å². The summed E-state index contributed by atoms with van der Waals surface area (Å²) >= 11 is 11.9. The molecule has 0 fully saturated rings. The van der Waals surface area contributed by atoms with Crippen LogP contribution < -0.4 is 5.32 Å². The number of halogens is 2. The Kier molecular flexibility index (Phi) is 3.99. The normalized spacial score (nSPS) is 10.8. The summed E-state index contributed by atoms with van der Waals surface area (Å²) in [6.45, 7) is 3.40. The maximum Gasteiger partial charge on any atom is 0.249 e. The first-order valence-corrected chi connectivity index (χ1v) is 5.95. The molecule has 1 heterocycles. The SMILES string of the molecule is CCNCc1nnc(-c2ccc(Cl)cc2Cl)o1. The van der Waals surface area contributed by atoms with Crippen molar-refractivity contribution in [3.63, 3.8) is 0 Å². The number of benzene rings is 1. The van der Waals surface area contributed by atoms with Gasteiger partial charge in [-0.05, 0) is 24.7 Å². The summed E-state index contributed by atoms with van der Waals surface area (Å²) in [5, 5.41) is 12.0. The first kappa shape index (κ1) is 12.4. The summed E-state index contributed by atoms with van der Waals surface area (Å²) in [6.07, 6.45) is 0. The summed E-state index contributed by atoms with van der Waals surface area (Å²) in [6, 6.07) is 5.14. The average Bonchev–Trinajstić information content (AvgIpc) is 2.75. The van der Waals surface area contributed by atoms with Crippen molar-refractivity contribution in [1.29, 1.82) is 0 Å². The highest BCUT2D eigenvalue weighted by molar-refractivity contribution is 6.36. The van der Waals surface area contributed by atoms with Crippen molar-refractivity contribution in [2.24, 2.45) is 0 Å². The second-order valence-electron chi connectivity index (χ2n) is 3.41. The Balaban J connectivity index is 2.24. The topological polar surface area (TPSA) is 51.0 Å². The molecule has 0 spiro atoms. The third kappa shape index (κ3) is 2.97. The first-order valence-electron chi connectivity index (χ1n) is 5.19. The van der Waals surface area contributed by atoms with Crippen LogP contribution in [0.25, 0.3) is 11.5 Å². The van der Waals surface area contributed by atoms with E-state index in [1.54, 1.807) is 18.2 Å². The van der Waals surface area contributed by atoms with Crippen LogP contribution in [0, 0.1) is 0 Å². The minimum absolute atomic E-state index is 0.402. The molecule has 2 aromatic rings. The summed E-state index contributed by atoms with van der Waals surface area (Å²) < 4.78 is 5.48. The molecule has 0 unspecified atom stereocenters. The minimum atomic E-state index is 0.402. The number of hydrogen-bond donors (Lipinski definition) is 1. The molecule has 0 bridgehead atoms. The molecule has 0 atom stereocenters. The van der Waals surface area contributed by atoms with Crippen LogP contribution in [0.5, 0.6) is 0 Å². The molecule has 17 heavy (non-hydrogen) atoms. The van der Waals surface area contributed by atoms with Crippen molar-refractivity contribution in [1.82, 2.24) is 15.5 Å². The van der Waals surface area contributed by atoms with Gasteiger partial charge in [-0.25, -0.2) is 0 Å². The molecular weight excluding hydrogens is 261 g/mol. The standard InChI is InChI=1S/C11H11Cl2N3O/c1-2-14-6-10-15-16-11(17-10)8-4-3-7(12)5-9(8)13/h3-5,14H,2,6H2,1H3. The van der Waals surface area contributed by atoms with Crippen LogP contribution >= 0.6 is 23.2 Å². The average molecular weight is 272 g/mol. The van der Waals surface area contributed by atoms with Gasteiger partial charge in [0.1, 0.15) is 0 Å². The Morgan fingerprint density at radius 3 is 2.82 bits per heavy atom. The lowest BCUT2D eigenvalue weighted by molar-refractivity contribution is 0.482. The van der Waals surface area contributed by atoms with Gasteiger partial charge >= 0.3 is 0 Å². The van der Waals surface area contributed by atoms with Gasteiger partial charge in [0.15, 0.2) is 0 Å². The van der Waals surface area contributed by atoms with E-state index in [0.717, 1.165) is 6.54 Å². The van der Waals surface area contributed by atoms with Crippen molar-refractivity contribution in [3.05, 3.63) is 34.1 Å². The number of hydrogen-bond acceptors (Lipinski definition) is 4. The van der Waals surface area contributed by atoms with Gasteiger partial charge in [0, 0.05) is 5.02 Å². The Morgan fingerprint density at radius 2 is 2.12 bits per heavy atom. The number of nitrogens with zero attached hydrogens (tertiary/aromatic N) is 2. The first-order chi connectivity index (χ1) is 8.20. The van der Waals surface area contributed by atoms with Crippen molar-refractivity contribution < 1.29 is 4.42 Å². The molecule has 0 saturated heterocycles. The van der Waals surface area contributed by atoms with Crippen molar-refractivity contribution in [2.75, 3.05) is 6.54 Å². The molecule has 1 aromatic carbocycles. The van der Waals surface area contributed by atoms with Crippen LogP contribution in [-0.2, 0) is 6.54 Å². The number of nitrogens with one attached hydrogen (secondary N) is 1. The van der Waals surface area contributed by atoms with Crippen LogP contribution in [0.4, 0.5) is 0 Å². The van der Waals surface area contributed by atoms with Gasteiger partial charge in [0.2, 0.25) is 11.8 Å². The second-order valence-corrected chi connectivity index (χ2v) is 4.25. The molecule has 6 heteroatoms. The number of aromatic nitrogens is 2. The molecule has 0 radical (unpaired) electrons. The number of rotatable bonds is 4. The molecule has 90 valence electrons. The van der Waals surface area contributed by atoms with E-state index in [4.69, 9.17) is 27.6 Å². The zero-order valence-electron chi connectivity index (χ0n) is 9.20. The van der Waals surface area contributed by atoms with E-state index in [9.17, 15) is 0 Å². The Bertz CT molecular complexity index is 513. The maximum absolute atomic E-state index is 6.05. The predicted octanol–water partition coefficient (Wildman–Crippen LogP) is 3.15. The molecule has 0 aliphatic heterocycles. The van der Waals surface area contributed by atoms with Gasteiger partial charge in [-0.15, -0.1) is 10.2 Å². The largest absolute Gasteiger partial charge is 0.419 e. The molecule has 4 nitrogen and oxygen atoms in total. The summed E-state index contributed by atoms with van der Waals surface area (Å²) in [5.74, 6) is 0.937. The highest BCUT2D eigenvalue weighted by Gasteiger charge is 2.11. The van der Waals surface area contributed by atoms with E-state index < -0.39 is 0 Å². The van der Waals surface area contributed by atoms with Crippen molar-refractivity contribution in [2.45, 2.75) is 13.5 Å². The van der Waals surface area contributed by atoms with Crippen molar-refractivity contribution in [3.8, 4) is 11.5 Å². The predicted molar refractivity (Wildman–Crippen MR) is 67.1 cm³/mol. The van der Waals surface area contributed by atoms with Gasteiger partial charge in [-0.3, -0.25) is 0 Å². The van der Waals surface area contributed by atoms with Gasteiger partial charge in [0.25, 0.3) is 0 Å². The van der Waals surface area contributed by atoms with Gasteiger partial charge in [-0.1, -0.05) is 30.1 Å². The van der Waals surface area contributed by atoms with E-state index in [-0.39, 0.29) is 0 Å². The fraction of sp³-hybridized carbons (Fsp3) is 0.273. The molecule has 0 saturated carbocycles. The fourth-order valence-electron chi connectivity index (χ4n) is 1.33.